The third kappa shape index (κ3) is 3.67. The summed E-state index contributed by atoms with van der Waals surface area (Å²) in [4.78, 5) is 8.92. The van der Waals surface area contributed by atoms with Gasteiger partial charge in [-0.3, -0.25) is 4.98 Å². The van der Waals surface area contributed by atoms with Crippen LogP contribution in [0.15, 0.2) is 22.9 Å². The van der Waals surface area contributed by atoms with Crippen LogP contribution in [0.5, 0.6) is 0 Å². The Hall–Kier alpha value is -1.75. The first-order valence-corrected chi connectivity index (χ1v) is 7.68. The molecule has 5 heteroatoms. The lowest BCUT2D eigenvalue weighted by Crippen LogP contribution is -2.31. The van der Waals surface area contributed by atoms with Gasteiger partial charge in [-0.1, -0.05) is 32.0 Å². The summed E-state index contributed by atoms with van der Waals surface area (Å²) in [5, 5.41) is 7.56. The minimum atomic E-state index is 0.173. The van der Waals surface area contributed by atoms with E-state index in [1.165, 1.54) is 0 Å². The van der Waals surface area contributed by atoms with E-state index in [4.69, 9.17) is 4.52 Å². The van der Waals surface area contributed by atoms with Crippen molar-refractivity contribution in [3.8, 4) is 11.5 Å². The summed E-state index contributed by atoms with van der Waals surface area (Å²) in [5.41, 5.74) is 1.95. The van der Waals surface area contributed by atoms with Gasteiger partial charge in [0.1, 0.15) is 5.69 Å². The summed E-state index contributed by atoms with van der Waals surface area (Å²) in [6.45, 7) is 9.49. The highest BCUT2D eigenvalue weighted by Crippen LogP contribution is 2.23. The number of nitrogens with one attached hydrogen (secondary N) is 1. The lowest BCUT2D eigenvalue weighted by atomic mass is 10.0. The molecule has 0 radical (unpaired) electrons. The zero-order chi connectivity index (χ0) is 15.2. The Labute approximate surface area is 126 Å². The Morgan fingerprint density at radius 1 is 1.29 bits per heavy atom. The Morgan fingerprint density at radius 2 is 2.10 bits per heavy atom. The molecule has 0 aliphatic carbocycles. The zero-order valence-corrected chi connectivity index (χ0v) is 13.3. The molecule has 0 aromatic carbocycles. The maximum Gasteiger partial charge on any atom is 0.231 e. The summed E-state index contributed by atoms with van der Waals surface area (Å²) in [6.07, 6.45) is 3.77. The first-order chi connectivity index (χ1) is 10.2. The van der Waals surface area contributed by atoms with Gasteiger partial charge in [0.05, 0.1) is 5.92 Å². The highest BCUT2D eigenvalue weighted by atomic mass is 16.5. The van der Waals surface area contributed by atoms with E-state index in [-0.39, 0.29) is 5.92 Å². The lowest BCUT2D eigenvalue weighted by Gasteiger charge is -2.17. The summed E-state index contributed by atoms with van der Waals surface area (Å²) < 4.78 is 5.44. The summed E-state index contributed by atoms with van der Waals surface area (Å²) in [6, 6.07) is 4.28. The van der Waals surface area contributed by atoms with Crippen molar-refractivity contribution in [2.24, 2.45) is 0 Å². The number of hydrogen-bond donors (Lipinski definition) is 1. The molecule has 0 spiro atoms. The second-order valence-electron chi connectivity index (χ2n) is 5.35. The second-order valence-corrected chi connectivity index (χ2v) is 5.35. The van der Waals surface area contributed by atoms with E-state index < -0.39 is 0 Å². The van der Waals surface area contributed by atoms with Gasteiger partial charge in [-0.15, -0.1) is 0 Å². The molecule has 2 heterocycles. The Kier molecular flexibility index (Phi) is 5.44. The molecule has 2 unspecified atom stereocenters. The van der Waals surface area contributed by atoms with Gasteiger partial charge < -0.3 is 9.84 Å². The highest BCUT2D eigenvalue weighted by Gasteiger charge is 2.21. The van der Waals surface area contributed by atoms with Crippen molar-refractivity contribution >= 4 is 0 Å². The number of nitrogens with zero attached hydrogens (tertiary/aromatic N) is 3. The molecular weight excluding hydrogens is 264 g/mol. The maximum absolute atomic E-state index is 5.44. The third-order valence-electron chi connectivity index (χ3n) is 3.78. The van der Waals surface area contributed by atoms with Crippen LogP contribution in [-0.4, -0.2) is 27.7 Å². The fraction of sp³-hybridized carbons (Fsp3) is 0.562. The Morgan fingerprint density at radius 3 is 2.81 bits per heavy atom. The summed E-state index contributed by atoms with van der Waals surface area (Å²) in [5.74, 6) is 1.41. The lowest BCUT2D eigenvalue weighted by molar-refractivity contribution is 0.331. The number of rotatable bonds is 7. The molecule has 0 amide bonds. The van der Waals surface area contributed by atoms with Crippen LogP contribution in [0, 0.1) is 0 Å². The van der Waals surface area contributed by atoms with Crippen LogP contribution in [0.2, 0.25) is 0 Å². The summed E-state index contributed by atoms with van der Waals surface area (Å²) >= 11 is 0. The van der Waals surface area contributed by atoms with E-state index in [9.17, 15) is 0 Å². The smallest absolute Gasteiger partial charge is 0.231 e. The molecule has 0 aliphatic rings. The monoisotopic (exact) mass is 288 g/mol. The molecule has 21 heavy (non-hydrogen) atoms. The molecule has 0 saturated carbocycles. The molecule has 2 atom stereocenters. The molecule has 1 N–H and O–H groups in total. The van der Waals surface area contributed by atoms with Crippen molar-refractivity contribution in [3.63, 3.8) is 0 Å². The van der Waals surface area contributed by atoms with E-state index in [2.05, 4.69) is 48.1 Å². The van der Waals surface area contributed by atoms with Crippen LogP contribution in [0.25, 0.3) is 11.5 Å². The quantitative estimate of drug-likeness (QED) is 0.847. The SMILES string of the molecule is CCCNC(C)C(C)c1nc(-c2ncccc2CC)no1. The van der Waals surface area contributed by atoms with E-state index >= 15 is 0 Å². The minimum absolute atomic E-state index is 0.173. The minimum Gasteiger partial charge on any atom is -0.339 e. The van der Waals surface area contributed by atoms with Crippen LogP contribution in [-0.2, 0) is 6.42 Å². The predicted molar refractivity (Wildman–Crippen MR) is 83.1 cm³/mol. The molecule has 114 valence electrons. The van der Waals surface area contributed by atoms with Gasteiger partial charge in [-0.05, 0) is 37.9 Å². The van der Waals surface area contributed by atoms with Crippen molar-refractivity contribution in [1.82, 2.24) is 20.4 Å². The Balaban J connectivity index is 2.17. The molecule has 2 aromatic rings. The zero-order valence-electron chi connectivity index (χ0n) is 13.3. The largest absolute Gasteiger partial charge is 0.339 e. The maximum atomic E-state index is 5.44. The van der Waals surface area contributed by atoms with Crippen molar-refractivity contribution in [2.75, 3.05) is 6.54 Å². The average molecular weight is 288 g/mol. The van der Waals surface area contributed by atoms with Crippen LogP contribution >= 0.6 is 0 Å². The van der Waals surface area contributed by atoms with E-state index in [0.29, 0.717) is 17.8 Å². The number of aromatic nitrogens is 3. The number of hydrogen-bond acceptors (Lipinski definition) is 5. The third-order valence-corrected chi connectivity index (χ3v) is 3.78. The van der Waals surface area contributed by atoms with Gasteiger partial charge in [-0.2, -0.15) is 4.98 Å². The van der Waals surface area contributed by atoms with Crippen molar-refractivity contribution in [1.29, 1.82) is 0 Å². The molecule has 0 aliphatic heterocycles. The van der Waals surface area contributed by atoms with Crippen LogP contribution in [0.4, 0.5) is 0 Å². The van der Waals surface area contributed by atoms with E-state index in [0.717, 1.165) is 30.6 Å². The Bertz CT molecular complexity index is 567. The number of pyridine rings is 1. The average Bonchev–Trinajstić information content (AvgIpc) is 3.01. The molecule has 2 aromatic heterocycles. The molecule has 0 bridgehead atoms. The summed E-state index contributed by atoms with van der Waals surface area (Å²) in [7, 11) is 0. The van der Waals surface area contributed by atoms with Gasteiger partial charge in [0.15, 0.2) is 0 Å². The predicted octanol–water partition coefficient (Wildman–Crippen LogP) is 3.19. The van der Waals surface area contributed by atoms with Crippen molar-refractivity contribution < 1.29 is 4.52 Å². The van der Waals surface area contributed by atoms with Gasteiger partial charge in [-0.25, -0.2) is 0 Å². The molecule has 5 nitrogen and oxygen atoms in total. The van der Waals surface area contributed by atoms with Crippen LogP contribution < -0.4 is 5.32 Å². The topological polar surface area (TPSA) is 63.8 Å². The van der Waals surface area contributed by atoms with Gasteiger partial charge in [0.2, 0.25) is 11.7 Å². The van der Waals surface area contributed by atoms with E-state index in [1.54, 1.807) is 6.20 Å². The van der Waals surface area contributed by atoms with Crippen LogP contribution in [0.1, 0.15) is 51.5 Å². The fourth-order valence-electron chi connectivity index (χ4n) is 2.20. The molecular formula is C16H24N4O. The molecule has 2 rings (SSSR count). The van der Waals surface area contributed by atoms with Crippen molar-refractivity contribution in [2.45, 2.75) is 52.5 Å². The standard InChI is InChI=1S/C16H24N4O/c1-5-9-17-12(4)11(3)16-19-15(20-21-16)14-13(6-2)8-7-10-18-14/h7-8,10-12,17H,5-6,9H2,1-4H3. The van der Waals surface area contributed by atoms with Crippen LogP contribution in [0.3, 0.4) is 0 Å². The first-order valence-electron chi connectivity index (χ1n) is 7.68. The highest BCUT2D eigenvalue weighted by molar-refractivity contribution is 5.53. The van der Waals surface area contributed by atoms with Gasteiger partial charge >= 0.3 is 0 Å². The van der Waals surface area contributed by atoms with Crippen molar-refractivity contribution in [3.05, 3.63) is 29.8 Å². The molecule has 0 saturated heterocycles. The normalized spacial score (nSPS) is 14.1. The number of aryl methyl sites for hydroxylation is 1. The fourth-order valence-corrected chi connectivity index (χ4v) is 2.20. The second kappa shape index (κ2) is 7.31. The molecule has 0 fully saturated rings. The van der Waals surface area contributed by atoms with Gasteiger partial charge in [0.25, 0.3) is 0 Å². The first kappa shape index (κ1) is 15.6. The van der Waals surface area contributed by atoms with E-state index in [1.807, 2.05) is 12.1 Å². The van der Waals surface area contributed by atoms with Gasteiger partial charge in [0, 0.05) is 12.2 Å².